The minimum absolute atomic E-state index is 0.0221. The summed E-state index contributed by atoms with van der Waals surface area (Å²) >= 11 is 0. The molecule has 2 rings (SSSR count). The molecule has 1 fully saturated rings. The van der Waals surface area contributed by atoms with Gasteiger partial charge < -0.3 is 0 Å². The second-order valence-electron chi connectivity index (χ2n) is 7.86. The van der Waals surface area contributed by atoms with Crippen molar-refractivity contribution in [2.24, 2.45) is 11.8 Å². The molecule has 25 heavy (non-hydrogen) atoms. The van der Waals surface area contributed by atoms with Crippen LogP contribution in [0.2, 0.25) is 0 Å². The molecular weight excluding hydrogens is 332 g/mol. The van der Waals surface area contributed by atoms with Crippen LogP contribution in [0.5, 0.6) is 0 Å². The van der Waals surface area contributed by atoms with Gasteiger partial charge in [0.05, 0.1) is 4.90 Å². The molecule has 0 radical (unpaired) electrons. The van der Waals surface area contributed by atoms with Crippen LogP contribution in [0, 0.1) is 18.8 Å². The Hall–Kier alpha value is -0.870. The highest BCUT2D eigenvalue weighted by atomic mass is 32.2. The summed E-state index contributed by atoms with van der Waals surface area (Å²) in [5.74, 6) is 1.54. The molecule has 1 aromatic carbocycles. The van der Waals surface area contributed by atoms with Gasteiger partial charge in [-0.15, -0.1) is 0 Å². The highest BCUT2D eigenvalue weighted by Crippen LogP contribution is 2.34. The number of hydrogen-bond donors (Lipinski definition) is 1. The highest BCUT2D eigenvalue weighted by molar-refractivity contribution is 7.85. The third kappa shape index (κ3) is 6.74. The van der Waals surface area contributed by atoms with Crippen molar-refractivity contribution in [3.63, 3.8) is 0 Å². The van der Waals surface area contributed by atoms with Crippen LogP contribution in [-0.4, -0.2) is 13.0 Å². The lowest BCUT2D eigenvalue weighted by Crippen LogP contribution is -2.17. The Morgan fingerprint density at radius 1 is 1.00 bits per heavy atom. The van der Waals surface area contributed by atoms with Crippen molar-refractivity contribution in [3.8, 4) is 0 Å². The summed E-state index contributed by atoms with van der Waals surface area (Å²) in [7, 11) is -4.11. The minimum atomic E-state index is -4.11. The summed E-state index contributed by atoms with van der Waals surface area (Å²) in [5.41, 5.74) is 2.18. The maximum Gasteiger partial charge on any atom is 0.294 e. The molecule has 0 amide bonds. The molecule has 1 aromatic rings. The zero-order valence-corrected chi connectivity index (χ0v) is 16.7. The maximum atomic E-state index is 11.4. The molecule has 3 nitrogen and oxygen atoms in total. The maximum absolute atomic E-state index is 11.4. The zero-order valence-electron chi connectivity index (χ0n) is 15.8. The molecule has 4 heteroatoms. The molecule has 0 saturated heterocycles. The van der Waals surface area contributed by atoms with Gasteiger partial charge in [-0.1, -0.05) is 64.4 Å². The first-order chi connectivity index (χ1) is 11.9. The van der Waals surface area contributed by atoms with Gasteiger partial charge in [0, 0.05) is 0 Å². The van der Waals surface area contributed by atoms with Gasteiger partial charge in [0.1, 0.15) is 0 Å². The van der Waals surface area contributed by atoms with Crippen molar-refractivity contribution in [1.29, 1.82) is 0 Å². The standard InChI is InChI=1S/C21H34O3S/c1-3-4-5-6-7-8-18-10-12-19(13-11-18)15-20-16-21(25(22,23)24)14-9-17(20)2/h9,14,16,18-19H,3-8,10-13,15H2,1-2H3,(H,22,23,24)/t18-,19-. The minimum Gasteiger partial charge on any atom is -0.282 e. The monoisotopic (exact) mass is 366 g/mol. The summed E-state index contributed by atoms with van der Waals surface area (Å²) in [6.45, 7) is 4.28. The summed E-state index contributed by atoms with van der Waals surface area (Å²) in [5, 5.41) is 0. The number of aryl methyl sites for hydroxylation is 1. The molecular formula is C21H34O3S. The normalized spacial score (nSPS) is 21.4. The van der Waals surface area contributed by atoms with E-state index in [0.717, 1.165) is 23.5 Å². The Morgan fingerprint density at radius 3 is 2.28 bits per heavy atom. The van der Waals surface area contributed by atoms with Gasteiger partial charge in [-0.05, 0) is 61.3 Å². The first-order valence-corrected chi connectivity index (χ1v) is 11.4. The van der Waals surface area contributed by atoms with E-state index in [1.807, 2.05) is 6.92 Å². The largest absolute Gasteiger partial charge is 0.294 e. The average Bonchev–Trinajstić information content (AvgIpc) is 2.57. The van der Waals surface area contributed by atoms with Crippen LogP contribution in [0.15, 0.2) is 23.1 Å². The van der Waals surface area contributed by atoms with Crippen LogP contribution in [0.25, 0.3) is 0 Å². The van der Waals surface area contributed by atoms with Crippen molar-refractivity contribution in [2.45, 2.75) is 89.4 Å². The van der Waals surface area contributed by atoms with Crippen molar-refractivity contribution >= 4 is 10.1 Å². The first-order valence-electron chi connectivity index (χ1n) is 9.97. The van der Waals surface area contributed by atoms with E-state index in [0.29, 0.717) is 5.92 Å². The van der Waals surface area contributed by atoms with Crippen LogP contribution in [0.1, 0.15) is 82.3 Å². The lowest BCUT2D eigenvalue weighted by Gasteiger charge is -2.29. The van der Waals surface area contributed by atoms with Crippen LogP contribution in [0.4, 0.5) is 0 Å². The third-order valence-corrected chi connectivity index (χ3v) is 6.66. The van der Waals surface area contributed by atoms with Crippen molar-refractivity contribution in [3.05, 3.63) is 29.3 Å². The van der Waals surface area contributed by atoms with Gasteiger partial charge in [0.2, 0.25) is 0 Å². The molecule has 1 aliphatic rings. The number of unbranched alkanes of at least 4 members (excludes halogenated alkanes) is 4. The fourth-order valence-electron chi connectivity index (χ4n) is 4.10. The van der Waals surface area contributed by atoms with Gasteiger partial charge in [0.15, 0.2) is 0 Å². The fraction of sp³-hybridized carbons (Fsp3) is 0.714. The van der Waals surface area contributed by atoms with Crippen LogP contribution in [-0.2, 0) is 16.5 Å². The zero-order chi connectivity index (χ0) is 18.3. The smallest absolute Gasteiger partial charge is 0.282 e. The second kappa shape index (κ2) is 9.72. The van der Waals surface area contributed by atoms with E-state index in [4.69, 9.17) is 0 Å². The quantitative estimate of drug-likeness (QED) is 0.434. The number of benzene rings is 1. The van der Waals surface area contributed by atoms with Crippen LogP contribution >= 0.6 is 0 Å². The molecule has 0 bridgehead atoms. The van der Waals surface area contributed by atoms with E-state index < -0.39 is 10.1 Å². The first kappa shape index (κ1) is 20.4. The van der Waals surface area contributed by atoms with E-state index in [9.17, 15) is 13.0 Å². The molecule has 0 heterocycles. The van der Waals surface area contributed by atoms with Crippen LogP contribution < -0.4 is 0 Å². The fourth-order valence-corrected chi connectivity index (χ4v) is 4.63. The van der Waals surface area contributed by atoms with E-state index >= 15 is 0 Å². The SMILES string of the molecule is CCCCCCC[C@H]1CC[C@H](Cc2cc(S(=O)(=O)O)ccc2C)CC1. The van der Waals surface area contributed by atoms with E-state index in [-0.39, 0.29) is 4.90 Å². The number of rotatable bonds is 9. The summed E-state index contributed by atoms with van der Waals surface area (Å²) in [6.07, 6.45) is 14.3. The summed E-state index contributed by atoms with van der Waals surface area (Å²) in [4.78, 5) is 0.0221. The number of hydrogen-bond acceptors (Lipinski definition) is 2. The van der Waals surface area contributed by atoms with Crippen molar-refractivity contribution in [1.82, 2.24) is 0 Å². The second-order valence-corrected chi connectivity index (χ2v) is 9.28. The topological polar surface area (TPSA) is 54.4 Å². The Bertz CT molecular complexity index is 629. The van der Waals surface area contributed by atoms with Gasteiger partial charge in [0.25, 0.3) is 10.1 Å². The van der Waals surface area contributed by atoms with Gasteiger partial charge in [-0.25, -0.2) is 0 Å². The molecule has 0 unspecified atom stereocenters. The Kier molecular flexibility index (Phi) is 7.95. The van der Waals surface area contributed by atoms with Gasteiger partial charge >= 0.3 is 0 Å². The Morgan fingerprint density at radius 2 is 1.64 bits per heavy atom. The van der Waals surface area contributed by atoms with Gasteiger partial charge in [-0.3, -0.25) is 4.55 Å². The molecule has 142 valence electrons. The Balaban J connectivity index is 1.80. The van der Waals surface area contributed by atoms with Crippen molar-refractivity contribution in [2.75, 3.05) is 0 Å². The van der Waals surface area contributed by atoms with Crippen molar-refractivity contribution < 1.29 is 13.0 Å². The molecule has 0 aromatic heterocycles. The predicted octanol–water partition coefficient (Wildman–Crippen LogP) is 5.95. The third-order valence-electron chi connectivity index (χ3n) is 5.81. The predicted molar refractivity (Wildman–Crippen MR) is 104 cm³/mol. The van der Waals surface area contributed by atoms with E-state index in [1.165, 1.54) is 70.3 Å². The molecule has 0 spiro atoms. The average molecular weight is 367 g/mol. The van der Waals surface area contributed by atoms with E-state index in [2.05, 4.69) is 6.92 Å². The molecule has 1 saturated carbocycles. The molecule has 1 N–H and O–H groups in total. The molecule has 0 atom stereocenters. The van der Waals surface area contributed by atoms with Gasteiger partial charge in [-0.2, -0.15) is 8.42 Å². The highest BCUT2D eigenvalue weighted by Gasteiger charge is 2.22. The molecule has 1 aliphatic carbocycles. The summed E-state index contributed by atoms with van der Waals surface area (Å²) < 4.78 is 32.0. The van der Waals surface area contributed by atoms with E-state index in [1.54, 1.807) is 12.1 Å². The Labute approximate surface area is 154 Å². The lowest BCUT2D eigenvalue weighted by atomic mass is 9.77. The lowest BCUT2D eigenvalue weighted by molar-refractivity contribution is 0.257. The summed E-state index contributed by atoms with van der Waals surface area (Å²) in [6, 6.07) is 4.95. The molecule has 0 aliphatic heterocycles. The van der Waals surface area contributed by atoms with Crippen LogP contribution in [0.3, 0.4) is 0 Å².